The lowest BCUT2D eigenvalue weighted by Crippen LogP contribution is -2.18. The maximum atomic E-state index is 2.48. The topological polar surface area (TPSA) is 0 Å². The summed E-state index contributed by atoms with van der Waals surface area (Å²) >= 11 is 0. The molecule has 0 heteroatoms. The Kier molecular flexibility index (Phi) is 11.6. The lowest BCUT2D eigenvalue weighted by atomic mass is 9.74. The van der Waals surface area contributed by atoms with Crippen molar-refractivity contribution in [1.82, 2.24) is 0 Å². The molecule has 3 aliphatic rings. The van der Waals surface area contributed by atoms with E-state index in [0.29, 0.717) is 0 Å². The monoisotopic (exact) mass is 478 g/mol. The highest BCUT2D eigenvalue weighted by atomic mass is 14.3. The van der Waals surface area contributed by atoms with Gasteiger partial charge in [-0.3, -0.25) is 0 Å². The van der Waals surface area contributed by atoms with Crippen LogP contribution >= 0.6 is 0 Å². The predicted molar refractivity (Wildman–Crippen MR) is 154 cm³/mol. The van der Waals surface area contributed by atoms with Crippen LogP contribution in [0.3, 0.4) is 0 Å². The van der Waals surface area contributed by atoms with E-state index in [1.165, 1.54) is 96.3 Å². The summed E-state index contributed by atoms with van der Waals surface area (Å²) < 4.78 is 0. The Morgan fingerprint density at radius 2 is 0.943 bits per heavy atom. The second-order valence-electron chi connectivity index (χ2n) is 13.3. The van der Waals surface area contributed by atoms with Crippen LogP contribution in [0.15, 0.2) is 24.3 Å². The van der Waals surface area contributed by atoms with E-state index < -0.39 is 0 Å². The SMILES string of the molecule is CCCCC1CCC(CCC2CCC(CCc3ccc(C4CCC(CCC)CC4)cc3)CC2)CC1. The van der Waals surface area contributed by atoms with Crippen LogP contribution in [-0.4, -0.2) is 0 Å². The first-order valence-corrected chi connectivity index (χ1v) is 16.3. The van der Waals surface area contributed by atoms with Crippen molar-refractivity contribution < 1.29 is 0 Å². The third-order valence-corrected chi connectivity index (χ3v) is 10.7. The van der Waals surface area contributed by atoms with Gasteiger partial charge in [-0.15, -0.1) is 0 Å². The highest BCUT2D eigenvalue weighted by Gasteiger charge is 2.25. The maximum Gasteiger partial charge on any atom is -0.0162 e. The van der Waals surface area contributed by atoms with E-state index in [2.05, 4.69) is 38.1 Å². The minimum Gasteiger partial charge on any atom is -0.0654 e. The summed E-state index contributed by atoms with van der Waals surface area (Å²) in [7, 11) is 0. The van der Waals surface area contributed by atoms with Gasteiger partial charge < -0.3 is 0 Å². The average Bonchev–Trinajstić information content (AvgIpc) is 2.92. The molecular weight excluding hydrogens is 420 g/mol. The van der Waals surface area contributed by atoms with E-state index in [1.807, 2.05) is 0 Å². The molecule has 198 valence electrons. The molecule has 3 saturated carbocycles. The molecule has 0 N–H and O–H groups in total. The molecule has 0 heterocycles. The average molecular weight is 479 g/mol. The van der Waals surface area contributed by atoms with Crippen molar-refractivity contribution in [2.75, 3.05) is 0 Å². The Bertz CT molecular complexity index is 662. The third-order valence-electron chi connectivity index (χ3n) is 10.7. The summed E-state index contributed by atoms with van der Waals surface area (Å²) in [6.45, 7) is 4.69. The van der Waals surface area contributed by atoms with Gasteiger partial charge in [-0.2, -0.15) is 0 Å². The van der Waals surface area contributed by atoms with Gasteiger partial charge in [0.1, 0.15) is 0 Å². The molecule has 1 aromatic carbocycles. The van der Waals surface area contributed by atoms with Gasteiger partial charge in [-0.05, 0) is 85.2 Å². The molecular formula is C35H58. The van der Waals surface area contributed by atoms with Crippen LogP contribution in [0.1, 0.15) is 159 Å². The Morgan fingerprint density at radius 1 is 0.486 bits per heavy atom. The lowest BCUT2D eigenvalue weighted by molar-refractivity contribution is 0.209. The van der Waals surface area contributed by atoms with E-state index in [4.69, 9.17) is 0 Å². The molecule has 3 aliphatic carbocycles. The van der Waals surface area contributed by atoms with Gasteiger partial charge in [-0.25, -0.2) is 0 Å². The van der Waals surface area contributed by atoms with E-state index >= 15 is 0 Å². The molecule has 0 amide bonds. The predicted octanol–water partition coefficient (Wildman–Crippen LogP) is 11.3. The minimum absolute atomic E-state index is 0.837. The normalized spacial score (nSPS) is 31.9. The van der Waals surface area contributed by atoms with Crippen LogP contribution in [0.25, 0.3) is 0 Å². The van der Waals surface area contributed by atoms with Crippen molar-refractivity contribution in [1.29, 1.82) is 0 Å². The van der Waals surface area contributed by atoms with E-state index in [-0.39, 0.29) is 0 Å². The first kappa shape index (κ1) is 27.3. The van der Waals surface area contributed by atoms with Crippen molar-refractivity contribution in [3.63, 3.8) is 0 Å². The summed E-state index contributed by atoms with van der Waals surface area (Å²) in [6, 6.07) is 9.90. The zero-order valence-electron chi connectivity index (χ0n) is 23.6. The molecule has 0 saturated heterocycles. The van der Waals surface area contributed by atoms with E-state index in [0.717, 1.165) is 35.5 Å². The molecule has 4 rings (SSSR count). The largest absolute Gasteiger partial charge is 0.0654 e. The molecule has 0 bridgehead atoms. The molecule has 1 aromatic rings. The number of benzene rings is 1. The summed E-state index contributed by atoms with van der Waals surface area (Å²) in [5.74, 6) is 6.04. The van der Waals surface area contributed by atoms with Crippen LogP contribution in [0.4, 0.5) is 0 Å². The van der Waals surface area contributed by atoms with Crippen LogP contribution in [0.2, 0.25) is 0 Å². The van der Waals surface area contributed by atoms with Gasteiger partial charge in [0.15, 0.2) is 0 Å². The van der Waals surface area contributed by atoms with Gasteiger partial charge in [0.25, 0.3) is 0 Å². The molecule has 0 unspecified atom stereocenters. The highest BCUT2D eigenvalue weighted by molar-refractivity contribution is 5.26. The Hall–Kier alpha value is -0.780. The van der Waals surface area contributed by atoms with Crippen LogP contribution in [-0.2, 0) is 6.42 Å². The van der Waals surface area contributed by atoms with Crippen LogP contribution in [0, 0.1) is 29.6 Å². The molecule has 0 aliphatic heterocycles. The van der Waals surface area contributed by atoms with Gasteiger partial charge in [0.2, 0.25) is 0 Å². The van der Waals surface area contributed by atoms with Crippen LogP contribution in [0.5, 0.6) is 0 Å². The fraction of sp³-hybridized carbons (Fsp3) is 0.829. The fourth-order valence-corrected chi connectivity index (χ4v) is 8.10. The second-order valence-corrected chi connectivity index (χ2v) is 13.3. The quantitative estimate of drug-likeness (QED) is 0.280. The summed E-state index contributed by atoms with van der Waals surface area (Å²) in [4.78, 5) is 0. The molecule has 0 aromatic heterocycles. The minimum atomic E-state index is 0.837. The molecule has 3 fully saturated rings. The third kappa shape index (κ3) is 8.93. The number of rotatable bonds is 12. The zero-order valence-corrected chi connectivity index (χ0v) is 23.6. The van der Waals surface area contributed by atoms with Gasteiger partial charge in [0.05, 0.1) is 0 Å². The zero-order chi connectivity index (χ0) is 24.3. The second kappa shape index (κ2) is 14.8. The smallest absolute Gasteiger partial charge is 0.0162 e. The number of unbranched alkanes of at least 4 members (excludes halogenated alkanes) is 1. The fourth-order valence-electron chi connectivity index (χ4n) is 8.10. The van der Waals surface area contributed by atoms with E-state index in [9.17, 15) is 0 Å². The van der Waals surface area contributed by atoms with Crippen molar-refractivity contribution in [2.24, 2.45) is 29.6 Å². The molecule has 0 nitrogen and oxygen atoms in total. The molecule has 0 spiro atoms. The maximum absolute atomic E-state index is 2.48. The highest BCUT2D eigenvalue weighted by Crippen LogP contribution is 2.39. The van der Waals surface area contributed by atoms with Crippen molar-refractivity contribution in [2.45, 2.75) is 155 Å². The number of hydrogen-bond donors (Lipinski definition) is 0. The molecule has 35 heavy (non-hydrogen) atoms. The first-order valence-electron chi connectivity index (χ1n) is 16.3. The lowest BCUT2D eigenvalue weighted by Gasteiger charge is -2.32. The van der Waals surface area contributed by atoms with Gasteiger partial charge in [-0.1, -0.05) is 134 Å². The standard InChI is InChI=1S/C35H58/c1-3-5-7-29-8-10-30(11-9-29)12-13-31-14-16-32(17-15-31)18-19-33-22-26-35(27-23-33)34-24-20-28(6-4-2)21-25-34/h22-23,26-32,34H,3-21,24-25H2,1-2H3. The van der Waals surface area contributed by atoms with E-state index in [1.54, 1.807) is 49.7 Å². The Balaban J connectivity index is 1.08. The number of aryl methyl sites for hydroxylation is 1. The van der Waals surface area contributed by atoms with Crippen molar-refractivity contribution in [3.05, 3.63) is 35.4 Å². The van der Waals surface area contributed by atoms with Gasteiger partial charge >= 0.3 is 0 Å². The summed E-state index contributed by atoms with van der Waals surface area (Å²) in [6.07, 6.45) is 31.0. The Morgan fingerprint density at radius 3 is 1.46 bits per heavy atom. The summed E-state index contributed by atoms with van der Waals surface area (Å²) in [5, 5.41) is 0. The van der Waals surface area contributed by atoms with Crippen molar-refractivity contribution in [3.8, 4) is 0 Å². The molecule has 0 atom stereocenters. The first-order chi connectivity index (χ1) is 17.2. The van der Waals surface area contributed by atoms with Gasteiger partial charge in [0, 0.05) is 0 Å². The number of hydrogen-bond acceptors (Lipinski definition) is 0. The Labute approximate surface area is 219 Å². The van der Waals surface area contributed by atoms with Crippen LogP contribution < -0.4 is 0 Å². The van der Waals surface area contributed by atoms with Crippen molar-refractivity contribution >= 4 is 0 Å². The molecule has 0 radical (unpaired) electrons. The summed E-state index contributed by atoms with van der Waals surface area (Å²) in [5.41, 5.74) is 3.21.